The van der Waals surface area contributed by atoms with Gasteiger partial charge in [-0.25, -0.2) is 4.99 Å². The van der Waals surface area contributed by atoms with E-state index >= 15 is 0 Å². The first-order valence-electron chi connectivity index (χ1n) is 6.91. The Morgan fingerprint density at radius 1 is 1.24 bits per heavy atom. The van der Waals surface area contributed by atoms with Gasteiger partial charge >= 0.3 is 0 Å². The SMILES string of the molecule is O=C1NC(=Nc2ccc(Br)cc2)S/C1=C\c1ccc(Cl)c([N+](=O)[O-])c1. The maximum absolute atomic E-state index is 12.1. The van der Waals surface area contributed by atoms with E-state index in [-0.39, 0.29) is 16.6 Å². The summed E-state index contributed by atoms with van der Waals surface area (Å²) >= 11 is 10.3. The summed E-state index contributed by atoms with van der Waals surface area (Å²) in [5.41, 5.74) is 1.01. The number of rotatable bonds is 3. The maximum atomic E-state index is 12.1. The molecule has 126 valence electrons. The van der Waals surface area contributed by atoms with Crippen LogP contribution in [0.1, 0.15) is 5.56 Å². The molecular formula is C16H9BrClN3O3S. The number of carbonyl (C=O) groups is 1. The fourth-order valence-corrected chi connectivity index (χ4v) is 3.32. The summed E-state index contributed by atoms with van der Waals surface area (Å²) in [6.07, 6.45) is 1.56. The number of halogens is 2. The van der Waals surface area contributed by atoms with E-state index in [4.69, 9.17) is 11.6 Å². The second-order valence-corrected chi connectivity index (χ2v) is 7.28. The van der Waals surface area contributed by atoms with Gasteiger partial charge in [0.2, 0.25) is 0 Å². The van der Waals surface area contributed by atoms with Crippen LogP contribution in [0.15, 0.2) is 56.8 Å². The number of nitro groups is 1. The number of amidine groups is 1. The molecule has 1 amide bonds. The summed E-state index contributed by atoms with van der Waals surface area (Å²) in [7, 11) is 0. The van der Waals surface area contributed by atoms with Crippen LogP contribution in [0.2, 0.25) is 5.02 Å². The highest BCUT2D eigenvalue weighted by Gasteiger charge is 2.24. The highest BCUT2D eigenvalue weighted by Crippen LogP contribution is 2.31. The van der Waals surface area contributed by atoms with Crippen LogP contribution in [0.25, 0.3) is 6.08 Å². The summed E-state index contributed by atoms with van der Waals surface area (Å²) in [6, 6.07) is 11.7. The normalized spacial score (nSPS) is 17.1. The van der Waals surface area contributed by atoms with Crippen molar-refractivity contribution in [2.75, 3.05) is 0 Å². The molecule has 0 unspecified atom stereocenters. The number of amides is 1. The van der Waals surface area contributed by atoms with Crippen LogP contribution in [0, 0.1) is 10.1 Å². The quantitative estimate of drug-likeness (QED) is 0.419. The first-order valence-corrected chi connectivity index (χ1v) is 8.90. The predicted octanol–water partition coefficient (Wildman–Crippen LogP) is 4.90. The van der Waals surface area contributed by atoms with Crippen LogP contribution in [-0.2, 0) is 4.79 Å². The monoisotopic (exact) mass is 437 g/mol. The molecule has 1 heterocycles. The second-order valence-electron chi connectivity index (χ2n) is 4.93. The van der Waals surface area contributed by atoms with Gasteiger partial charge in [0, 0.05) is 10.5 Å². The van der Waals surface area contributed by atoms with Crippen LogP contribution in [0.5, 0.6) is 0 Å². The Morgan fingerprint density at radius 3 is 2.64 bits per heavy atom. The van der Waals surface area contributed by atoms with Gasteiger partial charge in [0.15, 0.2) is 5.17 Å². The average molecular weight is 439 g/mol. The van der Waals surface area contributed by atoms with Crippen LogP contribution in [0.3, 0.4) is 0 Å². The zero-order valence-corrected chi connectivity index (χ0v) is 15.6. The van der Waals surface area contributed by atoms with E-state index < -0.39 is 4.92 Å². The fourth-order valence-electron chi connectivity index (χ4n) is 2.02. The Balaban J connectivity index is 1.85. The van der Waals surface area contributed by atoms with Crippen molar-refractivity contribution < 1.29 is 9.72 Å². The molecule has 1 saturated heterocycles. The first-order chi connectivity index (χ1) is 11.9. The van der Waals surface area contributed by atoms with Gasteiger partial charge < -0.3 is 5.32 Å². The second kappa shape index (κ2) is 7.38. The number of hydrogen-bond acceptors (Lipinski definition) is 5. The van der Waals surface area contributed by atoms with Gasteiger partial charge in [-0.1, -0.05) is 33.6 Å². The Morgan fingerprint density at radius 2 is 1.96 bits per heavy atom. The van der Waals surface area contributed by atoms with Crippen LogP contribution >= 0.6 is 39.3 Å². The molecular weight excluding hydrogens is 430 g/mol. The Hall–Kier alpha value is -2.16. The summed E-state index contributed by atoms with van der Waals surface area (Å²) in [5, 5.41) is 14.1. The zero-order chi connectivity index (χ0) is 18.0. The van der Waals surface area contributed by atoms with Gasteiger partial charge in [-0.15, -0.1) is 0 Å². The Labute approximate surface area is 160 Å². The lowest BCUT2D eigenvalue weighted by molar-refractivity contribution is -0.384. The van der Waals surface area contributed by atoms with Crippen molar-refractivity contribution in [3.8, 4) is 0 Å². The van der Waals surface area contributed by atoms with Gasteiger partial charge in [-0.2, -0.15) is 0 Å². The predicted molar refractivity (Wildman–Crippen MR) is 103 cm³/mol. The molecule has 6 nitrogen and oxygen atoms in total. The lowest BCUT2D eigenvalue weighted by atomic mass is 10.2. The minimum Gasteiger partial charge on any atom is -0.300 e. The number of aliphatic imine (C=N–C) groups is 1. The zero-order valence-electron chi connectivity index (χ0n) is 12.4. The Kier molecular flexibility index (Phi) is 5.22. The molecule has 0 spiro atoms. The molecule has 2 aromatic carbocycles. The highest BCUT2D eigenvalue weighted by molar-refractivity contribution is 9.10. The molecule has 9 heteroatoms. The van der Waals surface area contributed by atoms with Crippen molar-refractivity contribution >= 4 is 67.8 Å². The lowest BCUT2D eigenvalue weighted by Crippen LogP contribution is -2.19. The molecule has 1 aliphatic rings. The summed E-state index contributed by atoms with van der Waals surface area (Å²) in [5.74, 6) is -0.307. The first kappa shape index (κ1) is 17.7. The largest absolute Gasteiger partial charge is 0.300 e. The van der Waals surface area contributed by atoms with E-state index in [1.807, 2.05) is 24.3 Å². The van der Waals surface area contributed by atoms with Crippen LogP contribution in [-0.4, -0.2) is 16.0 Å². The molecule has 25 heavy (non-hydrogen) atoms. The van der Waals surface area contributed by atoms with E-state index in [0.717, 1.165) is 4.47 Å². The van der Waals surface area contributed by atoms with Gasteiger partial charge in [-0.3, -0.25) is 14.9 Å². The van der Waals surface area contributed by atoms with Crippen molar-refractivity contribution in [2.45, 2.75) is 0 Å². The van der Waals surface area contributed by atoms with E-state index in [0.29, 0.717) is 21.3 Å². The number of benzene rings is 2. The molecule has 0 aromatic heterocycles. The third kappa shape index (κ3) is 4.28. The van der Waals surface area contributed by atoms with E-state index in [1.54, 1.807) is 12.1 Å². The third-order valence-corrected chi connectivity index (χ3v) is 4.93. The highest BCUT2D eigenvalue weighted by atomic mass is 79.9. The van der Waals surface area contributed by atoms with Gasteiger partial charge in [0.25, 0.3) is 11.6 Å². The molecule has 0 radical (unpaired) electrons. The van der Waals surface area contributed by atoms with Crippen molar-refractivity contribution in [3.63, 3.8) is 0 Å². The van der Waals surface area contributed by atoms with Gasteiger partial charge in [-0.05, 0) is 53.7 Å². The minimum absolute atomic E-state index is 0.0492. The van der Waals surface area contributed by atoms with Crippen molar-refractivity contribution in [1.29, 1.82) is 0 Å². The standard InChI is InChI=1S/C16H9BrClN3O3S/c17-10-2-4-11(5-3-10)19-16-20-15(22)14(25-16)8-9-1-6-12(18)13(7-9)21(23)24/h1-8H,(H,19,20,22)/b14-8-. The molecule has 0 bridgehead atoms. The molecule has 1 fully saturated rings. The topological polar surface area (TPSA) is 84.6 Å². The number of nitrogens with one attached hydrogen (secondary N) is 1. The number of nitrogens with zero attached hydrogens (tertiary/aromatic N) is 2. The molecule has 3 rings (SSSR count). The van der Waals surface area contributed by atoms with E-state index in [1.165, 1.54) is 23.9 Å². The van der Waals surface area contributed by atoms with E-state index in [9.17, 15) is 14.9 Å². The Bertz CT molecular complexity index is 929. The number of carbonyl (C=O) groups excluding carboxylic acids is 1. The molecule has 1 N–H and O–H groups in total. The lowest BCUT2D eigenvalue weighted by Gasteiger charge is -1.98. The number of thioether (sulfide) groups is 1. The third-order valence-electron chi connectivity index (χ3n) is 3.17. The number of nitro benzene ring substituents is 1. The van der Waals surface area contributed by atoms with Crippen molar-refractivity contribution in [3.05, 3.63) is 72.5 Å². The summed E-state index contributed by atoms with van der Waals surface area (Å²) in [4.78, 5) is 27.2. The summed E-state index contributed by atoms with van der Waals surface area (Å²) < 4.78 is 0.935. The van der Waals surface area contributed by atoms with Gasteiger partial charge in [0.05, 0.1) is 15.5 Å². The van der Waals surface area contributed by atoms with Crippen molar-refractivity contribution in [2.24, 2.45) is 4.99 Å². The van der Waals surface area contributed by atoms with Gasteiger partial charge in [0.1, 0.15) is 5.02 Å². The number of hydrogen-bond donors (Lipinski definition) is 1. The molecule has 1 aliphatic heterocycles. The molecule has 0 saturated carbocycles. The fraction of sp³-hybridized carbons (Fsp3) is 0. The molecule has 0 aliphatic carbocycles. The smallest absolute Gasteiger partial charge is 0.288 e. The summed E-state index contributed by atoms with van der Waals surface area (Å²) in [6.45, 7) is 0. The average Bonchev–Trinajstić information content (AvgIpc) is 2.90. The van der Waals surface area contributed by atoms with Crippen molar-refractivity contribution in [1.82, 2.24) is 5.32 Å². The maximum Gasteiger partial charge on any atom is 0.288 e. The minimum atomic E-state index is -0.563. The van der Waals surface area contributed by atoms with Crippen LogP contribution < -0.4 is 5.32 Å². The molecule has 0 atom stereocenters. The molecule has 2 aromatic rings. The van der Waals surface area contributed by atoms with Crippen LogP contribution in [0.4, 0.5) is 11.4 Å². The van der Waals surface area contributed by atoms with E-state index in [2.05, 4.69) is 26.2 Å².